The number of imidazole rings is 1. The lowest BCUT2D eigenvalue weighted by molar-refractivity contribution is 0.0610. The first-order valence-electron chi connectivity index (χ1n) is 8.35. The first-order chi connectivity index (χ1) is 10.9. The van der Waals surface area contributed by atoms with Gasteiger partial charge >= 0.3 is 6.03 Å². The van der Waals surface area contributed by atoms with Gasteiger partial charge in [0.2, 0.25) is 0 Å². The summed E-state index contributed by atoms with van der Waals surface area (Å²) >= 11 is 0. The van der Waals surface area contributed by atoms with Crippen molar-refractivity contribution in [3.8, 4) is 0 Å². The number of nitrogens with one attached hydrogen (secondary N) is 1. The number of aromatic nitrogens is 2. The van der Waals surface area contributed by atoms with Gasteiger partial charge in [0.15, 0.2) is 0 Å². The highest BCUT2D eigenvalue weighted by atomic mass is 16.2. The van der Waals surface area contributed by atoms with Gasteiger partial charge in [0.1, 0.15) is 0 Å². The fourth-order valence-corrected chi connectivity index (χ4v) is 3.65. The van der Waals surface area contributed by atoms with Crippen LogP contribution in [0.5, 0.6) is 0 Å². The average molecular weight is 320 g/mol. The Morgan fingerprint density at radius 1 is 1.48 bits per heavy atom. The summed E-state index contributed by atoms with van der Waals surface area (Å²) in [5.74, 6) is 0.119. The number of urea groups is 1. The molecule has 2 amide bonds. The van der Waals surface area contributed by atoms with Crippen molar-refractivity contribution in [1.82, 2.24) is 24.7 Å². The number of hydrogen-bond acceptors (Lipinski definition) is 4. The summed E-state index contributed by atoms with van der Waals surface area (Å²) in [7, 11) is 6.13. The Bertz CT molecular complexity index is 565. The van der Waals surface area contributed by atoms with Crippen molar-refractivity contribution >= 4 is 6.03 Å². The van der Waals surface area contributed by atoms with Crippen molar-refractivity contribution < 1.29 is 4.79 Å². The van der Waals surface area contributed by atoms with Crippen LogP contribution in [0.25, 0.3) is 0 Å². The van der Waals surface area contributed by atoms with Gasteiger partial charge in [0.25, 0.3) is 0 Å². The molecule has 2 fully saturated rings. The third kappa shape index (κ3) is 3.07. The zero-order valence-electron chi connectivity index (χ0n) is 14.3. The minimum atomic E-state index is -0.0536. The highest BCUT2D eigenvalue weighted by molar-refractivity contribution is 5.75. The number of carbonyl (C=O) groups is 1. The van der Waals surface area contributed by atoms with Gasteiger partial charge in [0, 0.05) is 50.4 Å². The molecule has 3 rings (SSSR count). The molecule has 0 bridgehead atoms. The van der Waals surface area contributed by atoms with Gasteiger partial charge in [0.05, 0.1) is 12.0 Å². The maximum Gasteiger partial charge on any atom is 0.317 e. The van der Waals surface area contributed by atoms with Crippen LogP contribution < -0.4 is 11.1 Å². The quantitative estimate of drug-likeness (QED) is 0.838. The van der Waals surface area contributed by atoms with Crippen LogP contribution in [0.2, 0.25) is 0 Å². The van der Waals surface area contributed by atoms with Crippen LogP contribution in [0, 0.1) is 0 Å². The van der Waals surface area contributed by atoms with E-state index in [1.807, 2.05) is 22.7 Å². The van der Waals surface area contributed by atoms with Crippen LogP contribution in [0.3, 0.4) is 0 Å². The summed E-state index contributed by atoms with van der Waals surface area (Å²) in [6.07, 6.45) is 7.31. The number of likely N-dealkylation sites (tertiary alicyclic amines) is 1. The number of nitrogens with zero attached hydrogens (tertiary/aromatic N) is 4. The molecule has 3 N–H and O–H groups in total. The van der Waals surface area contributed by atoms with Crippen LogP contribution in [-0.4, -0.2) is 70.7 Å². The molecule has 23 heavy (non-hydrogen) atoms. The van der Waals surface area contributed by atoms with Gasteiger partial charge in [-0.1, -0.05) is 0 Å². The fraction of sp³-hybridized carbons (Fsp3) is 0.750. The Morgan fingerprint density at radius 3 is 2.74 bits per heavy atom. The molecule has 0 unspecified atom stereocenters. The first kappa shape index (κ1) is 16.3. The molecule has 1 aliphatic heterocycles. The minimum Gasteiger partial charge on any atom is -0.340 e. The van der Waals surface area contributed by atoms with Crippen molar-refractivity contribution in [2.75, 3.05) is 33.7 Å². The van der Waals surface area contributed by atoms with E-state index in [2.05, 4.69) is 29.3 Å². The number of rotatable bonds is 4. The van der Waals surface area contributed by atoms with Crippen molar-refractivity contribution in [2.24, 2.45) is 12.8 Å². The van der Waals surface area contributed by atoms with Crippen molar-refractivity contribution in [2.45, 2.75) is 36.8 Å². The Labute approximate surface area is 137 Å². The van der Waals surface area contributed by atoms with E-state index in [9.17, 15) is 4.79 Å². The van der Waals surface area contributed by atoms with Crippen LogP contribution in [0.4, 0.5) is 4.79 Å². The minimum absolute atomic E-state index is 0.00740. The topological polar surface area (TPSA) is 79.4 Å². The summed E-state index contributed by atoms with van der Waals surface area (Å²) in [6, 6.07) is -0.0610. The van der Waals surface area contributed by atoms with E-state index in [-0.39, 0.29) is 23.5 Å². The average Bonchev–Trinajstić information content (AvgIpc) is 3.03. The molecule has 2 aliphatic rings. The highest BCUT2D eigenvalue weighted by Gasteiger charge is 2.40. The lowest BCUT2D eigenvalue weighted by Gasteiger charge is -2.47. The van der Waals surface area contributed by atoms with Crippen LogP contribution in [0.15, 0.2) is 12.5 Å². The van der Waals surface area contributed by atoms with Gasteiger partial charge in [-0.3, -0.25) is 0 Å². The van der Waals surface area contributed by atoms with Crippen molar-refractivity contribution in [1.29, 1.82) is 0 Å². The maximum atomic E-state index is 12.5. The zero-order valence-corrected chi connectivity index (χ0v) is 14.3. The molecule has 1 aliphatic carbocycles. The van der Waals surface area contributed by atoms with Crippen molar-refractivity contribution in [3.63, 3.8) is 0 Å². The predicted octanol–water partition coefficient (Wildman–Crippen LogP) is 0.341. The molecule has 1 saturated heterocycles. The molecule has 0 aromatic carbocycles. The summed E-state index contributed by atoms with van der Waals surface area (Å²) in [5.41, 5.74) is 7.34. The number of carbonyl (C=O) groups excluding carboxylic acids is 1. The van der Waals surface area contributed by atoms with Crippen LogP contribution in [-0.2, 0) is 7.05 Å². The zero-order chi connectivity index (χ0) is 16.6. The monoisotopic (exact) mass is 320 g/mol. The Balaban J connectivity index is 1.56. The number of amides is 2. The summed E-state index contributed by atoms with van der Waals surface area (Å²) in [5, 5.41) is 3.11. The standard InChI is InChI=1S/C16H28N6O/c1-20(2)16(5-4-6-16)10-18-15(23)22-7-12(13(17)8-22)14-9-21(3)11-19-14/h9,11-13H,4-8,10,17H2,1-3H3,(H,18,23)/t12-,13-/m1/s1. The highest BCUT2D eigenvalue weighted by Crippen LogP contribution is 2.35. The van der Waals surface area contributed by atoms with Gasteiger partial charge in [-0.25, -0.2) is 9.78 Å². The number of nitrogens with two attached hydrogens (primary N) is 1. The second-order valence-corrected chi connectivity index (χ2v) is 7.27. The Kier molecular flexibility index (Phi) is 4.33. The molecule has 7 nitrogen and oxygen atoms in total. The number of likely N-dealkylation sites (N-methyl/N-ethyl adjacent to an activating group) is 1. The van der Waals surface area contributed by atoms with Crippen LogP contribution in [0.1, 0.15) is 30.9 Å². The molecule has 1 saturated carbocycles. The normalized spacial score (nSPS) is 26.4. The van der Waals surface area contributed by atoms with Crippen molar-refractivity contribution in [3.05, 3.63) is 18.2 Å². The molecule has 1 aromatic heterocycles. The second kappa shape index (κ2) is 6.13. The lowest BCUT2D eigenvalue weighted by Crippen LogP contribution is -2.58. The van der Waals surface area contributed by atoms with E-state index >= 15 is 0 Å². The molecular weight excluding hydrogens is 292 g/mol. The Morgan fingerprint density at radius 2 is 2.22 bits per heavy atom. The predicted molar refractivity (Wildman–Crippen MR) is 89.2 cm³/mol. The molecule has 1 aromatic rings. The largest absolute Gasteiger partial charge is 0.340 e. The summed E-state index contributed by atoms with van der Waals surface area (Å²) in [6.45, 7) is 1.93. The molecular formula is C16H28N6O. The third-order valence-electron chi connectivity index (χ3n) is 5.56. The first-order valence-corrected chi connectivity index (χ1v) is 8.35. The molecule has 2 heterocycles. The summed E-state index contributed by atoms with van der Waals surface area (Å²) < 4.78 is 1.92. The summed E-state index contributed by atoms with van der Waals surface area (Å²) in [4.78, 5) is 21.0. The Hall–Kier alpha value is -1.60. The van der Waals surface area contributed by atoms with Gasteiger partial charge in [-0.15, -0.1) is 0 Å². The second-order valence-electron chi connectivity index (χ2n) is 7.27. The molecule has 0 radical (unpaired) electrons. The third-order valence-corrected chi connectivity index (χ3v) is 5.56. The molecule has 7 heteroatoms. The van der Waals surface area contributed by atoms with E-state index in [4.69, 9.17) is 5.73 Å². The van der Waals surface area contributed by atoms with Gasteiger partial charge in [-0.05, 0) is 33.4 Å². The molecule has 0 spiro atoms. The lowest BCUT2D eigenvalue weighted by atomic mass is 9.75. The van der Waals surface area contributed by atoms with Crippen LogP contribution >= 0.6 is 0 Å². The smallest absolute Gasteiger partial charge is 0.317 e. The van der Waals surface area contributed by atoms with E-state index < -0.39 is 0 Å². The van der Waals surface area contributed by atoms with E-state index in [0.29, 0.717) is 19.6 Å². The molecule has 128 valence electrons. The fourth-order valence-electron chi connectivity index (χ4n) is 3.65. The SMILES string of the molecule is CN(C)C1(CNC(=O)N2C[C@@H](N)[C@H](c3cn(C)cn3)C2)CCC1. The maximum absolute atomic E-state index is 12.5. The van der Waals surface area contributed by atoms with E-state index in [1.165, 1.54) is 6.42 Å². The van der Waals surface area contributed by atoms with E-state index in [0.717, 1.165) is 18.5 Å². The number of hydrogen-bond donors (Lipinski definition) is 2. The number of aryl methyl sites for hydroxylation is 1. The van der Waals surface area contributed by atoms with E-state index in [1.54, 1.807) is 6.33 Å². The van der Waals surface area contributed by atoms with Gasteiger partial charge in [-0.2, -0.15) is 0 Å². The van der Waals surface area contributed by atoms with Gasteiger partial charge < -0.3 is 25.4 Å². The molecule has 2 atom stereocenters.